The molecule has 0 amide bonds. The van der Waals surface area contributed by atoms with Crippen molar-refractivity contribution in [1.82, 2.24) is 10.2 Å². The van der Waals surface area contributed by atoms with Gasteiger partial charge in [-0.3, -0.25) is 9.30 Å². The van der Waals surface area contributed by atoms with E-state index >= 15 is 0 Å². The van der Waals surface area contributed by atoms with Gasteiger partial charge in [0.15, 0.2) is 5.96 Å². The summed E-state index contributed by atoms with van der Waals surface area (Å²) >= 11 is 0. The summed E-state index contributed by atoms with van der Waals surface area (Å²) in [6.45, 7) is 4.06. The molecular formula is C22H31IN4O3S. The number of aliphatic imine (C=N–C) groups is 1. The first kappa shape index (κ1) is 25.3. The first-order valence-corrected chi connectivity index (χ1v) is 11.8. The summed E-state index contributed by atoms with van der Waals surface area (Å²) in [7, 11) is 0.176. The average molecular weight is 558 g/mol. The van der Waals surface area contributed by atoms with E-state index in [0.29, 0.717) is 25.6 Å². The zero-order valence-corrected chi connectivity index (χ0v) is 21.4. The number of ether oxygens (including phenoxy) is 1. The summed E-state index contributed by atoms with van der Waals surface area (Å²) in [6, 6.07) is 15.5. The zero-order chi connectivity index (χ0) is 21.6. The van der Waals surface area contributed by atoms with Crippen LogP contribution in [0.5, 0.6) is 5.75 Å². The topological polar surface area (TPSA) is 74.2 Å². The minimum Gasteiger partial charge on any atom is -0.497 e. The number of hydrogen-bond donors (Lipinski definition) is 1. The highest BCUT2D eigenvalue weighted by Crippen LogP contribution is 2.29. The van der Waals surface area contributed by atoms with Gasteiger partial charge in [0.2, 0.25) is 10.0 Å². The predicted octanol–water partition coefficient (Wildman–Crippen LogP) is 3.10. The van der Waals surface area contributed by atoms with Crippen molar-refractivity contribution in [2.45, 2.75) is 19.9 Å². The molecule has 31 heavy (non-hydrogen) atoms. The van der Waals surface area contributed by atoms with Crippen molar-refractivity contribution in [1.29, 1.82) is 0 Å². The molecule has 0 bridgehead atoms. The Hall–Kier alpha value is -2.01. The summed E-state index contributed by atoms with van der Waals surface area (Å²) in [6.07, 6.45) is 0.756. The maximum Gasteiger partial charge on any atom is 0.237 e. The van der Waals surface area contributed by atoms with Gasteiger partial charge in [0, 0.05) is 26.7 Å². The Morgan fingerprint density at radius 2 is 1.90 bits per heavy atom. The lowest BCUT2D eigenvalue weighted by Gasteiger charge is -2.23. The second-order valence-corrected chi connectivity index (χ2v) is 9.22. The molecule has 0 atom stereocenters. The van der Waals surface area contributed by atoms with Gasteiger partial charge in [-0.25, -0.2) is 8.42 Å². The van der Waals surface area contributed by atoms with Crippen LogP contribution in [0.2, 0.25) is 0 Å². The van der Waals surface area contributed by atoms with Crippen LogP contribution < -0.4 is 14.4 Å². The Kier molecular flexibility index (Phi) is 9.42. The number of methoxy groups -OCH3 is 1. The molecule has 3 rings (SSSR count). The molecule has 1 heterocycles. The number of para-hydroxylation sites is 1. The summed E-state index contributed by atoms with van der Waals surface area (Å²) < 4.78 is 32.5. The molecule has 170 valence electrons. The molecule has 1 N–H and O–H groups in total. The van der Waals surface area contributed by atoms with Gasteiger partial charge < -0.3 is 15.0 Å². The molecule has 0 radical (unpaired) electrons. The summed E-state index contributed by atoms with van der Waals surface area (Å²) in [4.78, 5) is 6.55. The number of anilines is 1. The molecular weight excluding hydrogens is 527 g/mol. The van der Waals surface area contributed by atoms with E-state index in [1.807, 2.05) is 67.4 Å². The molecule has 0 spiro atoms. The van der Waals surface area contributed by atoms with E-state index in [0.717, 1.165) is 29.0 Å². The fraction of sp³-hybridized carbons (Fsp3) is 0.409. The number of fused-ring (bicyclic) bond motifs is 1. The third kappa shape index (κ3) is 6.49. The molecule has 2 aromatic carbocycles. The molecule has 1 aliphatic heterocycles. The van der Waals surface area contributed by atoms with Crippen LogP contribution in [-0.4, -0.2) is 58.8 Å². The van der Waals surface area contributed by atoms with Crippen molar-refractivity contribution in [2.75, 3.05) is 43.8 Å². The van der Waals surface area contributed by atoms with E-state index in [2.05, 4.69) is 10.3 Å². The standard InChI is InChI=1S/C22H30N4O3S.HI/c1-4-23-22(25(2)17-18-9-11-20(29-3)12-10-18)24-14-16-30(27,28)26-15-13-19-7-5-6-8-21(19)26;/h5-12H,4,13-17H2,1-3H3,(H,23,24);1H. The highest BCUT2D eigenvalue weighted by Gasteiger charge is 2.28. The van der Waals surface area contributed by atoms with Crippen LogP contribution in [0.15, 0.2) is 53.5 Å². The number of guanidine groups is 1. The molecule has 0 unspecified atom stereocenters. The molecule has 0 fully saturated rings. The Bertz CT molecular complexity index is 981. The number of hydrogen-bond acceptors (Lipinski definition) is 4. The van der Waals surface area contributed by atoms with Crippen LogP contribution in [0.4, 0.5) is 5.69 Å². The van der Waals surface area contributed by atoms with Gasteiger partial charge in [-0.2, -0.15) is 0 Å². The van der Waals surface area contributed by atoms with Crippen molar-refractivity contribution in [3.63, 3.8) is 0 Å². The lowest BCUT2D eigenvalue weighted by molar-refractivity contribution is 0.414. The number of halogens is 1. The van der Waals surface area contributed by atoms with Crippen molar-refractivity contribution in [3.8, 4) is 5.75 Å². The molecule has 0 saturated heterocycles. The number of nitrogens with one attached hydrogen (secondary N) is 1. The van der Waals surface area contributed by atoms with Crippen LogP contribution in [0.3, 0.4) is 0 Å². The van der Waals surface area contributed by atoms with E-state index in [1.165, 1.54) is 4.31 Å². The average Bonchev–Trinajstić information content (AvgIpc) is 3.19. The fourth-order valence-electron chi connectivity index (χ4n) is 3.52. The number of benzene rings is 2. The monoisotopic (exact) mass is 558 g/mol. The SMILES string of the molecule is CCNC(=NCCS(=O)(=O)N1CCc2ccccc21)N(C)Cc1ccc(OC)cc1.I. The van der Waals surface area contributed by atoms with E-state index in [9.17, 15) is 8.42 Å². The Morgan fingerprint density at radius 1 is 1.19 bits per heavy atom. The summed E-state index contributed by atoms with van der Waals surface area (Å²) in [5, 5.41) is 3.24. The smallest absolute Gasteiger partial charge is 0.237 e. The first-order chi connectivity index (χ1) is 14.4. The van der Waals surface area contributed by atoms with Gasteiger partial charge >= 0.3 is 0 Å². The molecule has 0 aliphatic carbocycles. The normalized spacial score (nSPS) is 13.4. The molecule has 2 aromatic rings. The lowest BCUT2D eigenvalue weighted by Crippen LogP contribution is -2.39. The minimum absolute atomic E-state index is 0. The van der Waals surface area contributed by atoms with E-state index in [1.54, 1.807) is 7.11 Å². The molecule has 0 saturated carbocycles. The van der Waals surface area contributed by atoms with Gasteiger partial charge in [0.1, 0.15) is 5.75 Å². The number of rotatable bonds is 8. The quantitative estimate of drug-likeness (QED) is 0.306. The maximum atomic E-state index is 12.9. The Labute approximate surface area is 202 Å². The molecule has 1 aliphatic rings. The fourth-order valence-corrected chi connectivity index (χ4v) is 4.91. The van der Waals surface area contributed by atoms with E-state index < -0.39 is 10.0 Å². The Morgan fingerprint density at radius 3 is 2.58 bits per heavy atom. The minimum atomic E-state index is -3.41. The molecule has 0 aromatic heterocycles. The third-order valence-electron chi connectivity index (χ3n) is 5.07. The van der Waals surface area contributed by atoms with Crippen molar-refractivity contribution >= 4 is 45.6 Å². The van der Waals surface area contributed by atoms with Crippen LogP contribution in [0.25, 0.3) is 0 Å². The second kappa shape index (κ2) is 11.6. The van der Waals surface area contributed by atoms with Crippen molar-refractivity contribution in [2.24, 2.45) is 4.99 Å². The van der Waals surface area contributed by atoms with E-state index in [4.69, 9.17) is 4.74 Å². The van der Waals surface area contributed by atoms with Crippen LogP contribution in [-0.2, 0) is 23.0 Å². The third-order valence-corrected chi connectivity index (χ3v) is 6.82. The van der Waals surface area contributed by atoms with Crippen molar-refractivity contribution < 1.29 is 13.2 Å². The summed E-state index contributed by atoms with van der Waals surface area (Å²) in [5.41, 5.74) is 2.99. The van der Waals surface area contributed by atoms with E-state index in [-0.39, 0.29) is 36.3 Å². The molecule has 9 heteroatoms. The number of nitrogens with zero attached hydrogens (tertiary/aromatic N) is 3. The van der Waals surface area contributed by atoms with Gasteiger partial charge in [-0.1, -0.05) is 30.3 Å². The van der Waals surface area contributed by atoms with Crippen LogP contribution in [0.1, 0.15) is 18.1 Å². The zero-order valence-electron chi connectivity index (χ0n) is 18.2. The highest BCUT2D eigenvalue weighted by atomic mass is 127. The predicted molar refractivity (Wildman–Crippen MR) is 137 cm³/mol. The number of sulfonamides is 1. The van der Waals surface area contributed by atoms with Crippen molar-refractivity contribution in [3.05, 3.63) is 59.7 Å². The molecule has 7 nitrogen and oxygen atoms in total. The maximum absolute atomic E-state index is 12.9. The van der Waals surface area contributed by atoms with Gasteiger partial charge in [0.05, 0.1) is 25.1 Å². The Balaban J connectivity index is 0.00000341. The van der Waals surface area contributed by atoms with Gasteiger partial charge in [0.25, 0.3) is 0 Å². The largest absolute Gasteiger partial charge is 0.497 e. The second-order valence-electron chi connectivity index (χ2n) is 7.21. The van der Waals surface area contributed by atoms with Gasteiger partial charge in [-0.05, 0) is 42.7 Å². The summed E-state index contributed by atoms with van der Waals surface area (Å²) in [5.74, 6) is 1.48. The van der Waals surface area contributed by atoms with Crippen LogP contribution >= 0.6 is 24.0 Å². The highest BCUT2D eigenvalue weighted by molar-refractivity contribution is 14.0. The van der Waals surface area contributed by atoms with Gasteiger partial charge in [-0.15, -0.1) is 24.0 Å². The van der Waals surface area contributed by atoms with Crippen LogP contribution in [0, 0.1) is 0 Å². The lowest BCUT2D eigenvalue weighted by atomic mass is 10.2. The first-order valence-electron chi connectivity index (χ1n) is 10.2.